The second kappa shape index (κ2) is 4.75. The van der Waals surface area contributed by atoms with E-state index in [2.05, 4.69) is 5.32 Å². The van der Waals surface area contributed by atoms with Gasteiger partial charge >= 0.3 is 7.12 Å². The SMILES string of the molecule is OB(O)CCCC1CCNC1. The van der Waals surface area contributed by atoms with Gasteiger partial charge in [0, 0.05) is 0 Å². The first kappa shape index (κ1) is 9.04. The van der Waals surface area contributed by atoms with E-state index in [0.29, 0.717) is 6.32 Å². The van der Waals surface area contributed by atoms with Crippen LogP contribution in [-0.2, 0) is 0 Å². The molecule has 11 heavy (non-hydrogen) atoms. The molecule has 4 heteroatoms. The molecule has 0 aromatic rings. The van der Waals surface area contributed by atoms with Crippen LogP contribution in [0.25, 0.3) is 0 Å². The maximum absolute atomic E-state index is 8.57. The van der Waals surface area contributed by atoms with Crippen molar-refractivity contribution in [3.63, 3.8) is 0 Å². The molecule has 0 aromatic carbocycles. The van der Waals surface area contributed by atoms with E-state index < -0.39 is 7.12 Å². The Balaban J connectivity index is 1.94. The first-order valence-corrected chi connectivity index (χ1v) is 4.36. The summed E-state index contributed by atoms with van der Waals surface area (Å²) in [5, 5.41) is 20.4. The summed E-state index contributed by atoms with van der Waals surface area (Å²) in [5.41, 5.74) is 0. The molecule has 0 radical (unpaired) electrons. The van der Waals surface area contributed by atoms with Gasteiger partial charge in [-0.1, -0.05) is 6.42 Å². The molecule has 3 nitrogen and oxygen atoms in total. The predicted octanol–water partition coefficient (Wildman–Crippen LogP) is -0.151. The molecule has 1 aliphatic heterocycles. The summed E-state index contributed by atoms with van der Waals surface area (Å²) in [4.78, 5) is 0. The van der Waals surface area contributed by atoms with Crippen molar-refractivity contribution < 1.29 is 10.0 Å². The molecule has 0 amide bonds. The molecule has 0 spiro atoms. The fourth-order valence-electron chi connectivity index (χ4n) is 1.55. The van der Waals surface area contributed by atoms with Crippen LogP contribution in [0.1, 0.15) is 19.3 Å². The largest absolute Gasteiger partial charge is 0.451 e. The minimum Gasteiger partial charge on any atom is -0.427 e. The third-order valence-corrected chi connectivity index (χ3v) is 2.24. The van der Waals surface area contributed by atoms with Crippen molar-refractivity contribution in [1.29, 1.82) is 0 Å². The van der Waals surface area contributed by atoms with Crippen molar-refractivity contribution in [3.05, 3.63) is 0 Å². The lowest BCUT2D eigenvalue weighted by atomic mass is 9.82. The van der Waals surface area contributed by atoms with Gasteiger partial charge in [-0.2, -0.15) is 0 Å². The molecule has 64 valence electrons. The van der Waals surface area contributed by atoms with Gasteiger partial charge in [0.05, 0.1) is 0 Å². The minimum absolute atomic E-state index is 0.524. The normalized spacial score (nSPS) is 24.0. The third-order valence-electron chi connectivity index (χ3n) is 2.24. The zero-order valence-corrected chi connectivity index (χ0v) is 6.79. The lowest BCUT2D eigenvalue weighted by Crippen LogP contribution is -2.12. The zero-order chi connectivity index (χ0) is 8.10. The van der Waals surface area contributed by atoms with Crippen LogP contribution in [0.2, 0.25) is 6.32 Å². The monoisotopic (exact) mass is 157 g/mol. The van der Waals surface area contributed by atoms with Crippen LogP contribution in [0.3, 0.4) is 0 Å². The van der Waals surface area contributed by atoms with Crippen molar-refractivity contribution in [2.45, 2.75) is 25.6 Å². The average molecular weight is 157 g/mol. The van der Waals surface area contributed by atoms with E-state index in [-0.39, 0.29) is 0 Å². The Hall–Kier alpha value is -0.0551. The minimum atomic E-state index is -1.11. The second-order valence-electron chi connectivity index (χ2n) is 3.27. The molecule has 1 atom stereocenters. The summed E-state index contributed by atoms with van der Waals surface area (Å²) < 4.78 is 0. The predicted molar refractivity (Wildman–Crippen MR) is 45.2 cm³/mol. The molecule has 0 aliphatic carbocycles. The number of rotatable bonds is 4. The Morgan fingerprint density at radius 3 is 2.82 bits per heavy atom. The summed E-state index contributed by atoms with van der Waals surface area (Å²) >= 11 is 0. The molecule has 1 rings (SSSR count). The van der Waals surface area contributed by atoms with E-state index >= 15 is 0 Å². The Morgan fingerprint density at radius 2 is 2.27 bits per heavy atom. The zero-order valence-electron chi connectivity index (χ0n) is 6.79. The van der Waals surface area contributed by atoms with E-state index in [1.807, 2.05) is 0 Å². The highest BCUT2D eigenvalue weighted by molar-refractivity contribution is 6.40. The lowest BCUT2D eigenvalue weighted by molar-refractivity contribution is 0.397. The Morgan fingerprint density at radius 1 is 1.45 bits per heavy atom. The van der Waals surface area contributed by atoms with Crippen LogP contribution in [0.4, 0.5) is 0 Å². The summed E-state index contributed by atoms with van der Waals surface area (Å²) in [6, 6.07) is 0. The van der Waals surface area contributed by atoms with Gasteiger partial charge in [-0.3, -0.25) is 0 Å². The molecule has 3 N–H and O–H groups in total. The highest BCUT2D eigenvalue weighted by Gasteiger charge is 2.15. The van der Waals surface area contributed by atoms with Gasteiger partial charge < -0.3 is 15.4 Å². The van der Waals surface area contributed by atoms with Crippen molar-refractivity contribution in [1.82, 2.24) is 5.32 Å². The van der Waals surface area contributed by atoms with E-state index in [9.17, 15) is 0 Å². The first-order chi connectivity index (χ1) is 5.29. The van der Waals surface area contributed by atoms with Gasteiger partial charge in [-0.25, -0.2) is 0 Å². The lowest BCUT2D eigenvalue weighted by Gasteiger charge is -2.06. The smallest absolute Gasteiger partial charge is 0.427 e. The van der Waals surface area contributed by atoms with Gasteiger partial charge in [0.25, 0.3) is 0 Å². The standard InChI is InChI=1S/C7H16BNO2/c10-8(11)4-1-2-7-3-5-9-6-7/h7,9-11H,1-6H2. The average Bonchev–Trinajstić information content (AvgIpc) is 2.39. The quantitative estimate of drug-likeness (QED) is 0.497. The van der Waals surface area contributed by atoms with Crippen LogP contribution in [0.5, 0.6) is 0 Å². The van der Waals surface area contributed by atoms with E-state index in [0.717, 1.165) is 31.8 Å². The van der Waals surface area contributed by atoms with E-state index in [4.69, 9.17) is 10.0 Å². The highest BCUT2D eigenvalue weighted by atomic mass is 16.4. The molecule has 0 aromatic heterocycles. The Bertz CT molecular complexity index is 105. The Kier molecular flexibility index (Phi) is 3.90. The van der Waals surface area contributed by atoms with Crippen molar-refractivity contribution in [2.24, 2.45) is 5.92 Å². The summed E-state index contributed by atoms with van der Waals surface area (Å²) in [6.45, 7) is 2.24. The fourth-order valence-corrected chi connectivity index (χ4v) is 1.55. The van der Waals surface area contributed by atoms with Crippen LogP contribution >= 0.6 is 0 Å². The first-order valence-electron chi connectivity index (χ1n) is 4.36. The molecule has 1 saturated heterocycles. The van der Waals surface area contributed by atoms with Crippen LogP contribution < -0.4 is 5.32 Å². The van der Waals surface area contributed by atoms with E-state index in [1.54, 1.807) is 0 Å². The van der Waals surface area contributed by atoms with E-state index in [1.165, 1.54) is 6.42 Å². The molecular formula is C7H16BNO2. The molecule has 1 unspecified atom stereocenters. The van der Waals surface area contributed by atoms with Gasteiger partial charge in [0.2, 0.25) is 0 Å². The van der Waals surface area contributed by atoms with Crippen LogP contribution in [0.15, 0.2) is 0 Å². The maximum Gasteiger partial charge on any atom is 0.451 e. The van der Waals surface area contributed by atoms with Gasteiger partial charge in [0.1, 0.15) is 0 Å². The van der Waals surface area contributed by atoms with Crippen molar-refractivity contribution in [2.75, 3.05) is 13.1 Å². The number of hydrogen-bond donors (Lipinski definition) is 3. The highest BCUT2D eigenvalue weighted by Crippen LogP contribution is 2.15. The van der Waals surface area contributed by atoms with Gasteiger partial charge in [0.15, 0.2) is 0 Å². The third kappa shape index (κ3) is 3.75. The maximum atomic E-state index is 8.57. The van der Waals surface area contributed by atoms with Gasteiger partial charge in [-0.15, -0.1) is 0 Å². The Labute approximate surface area is 68.0 Å². The number of nitrogens with one attached hydrogen (secondary N) is 1. The molecule has 1 aliphatic rings. The molecular weight excluding hydrogens is 141 g/mol. The topological polar surface area (TPSA) is 52.5 Å². The summed E-state index contributed by atoms with van der Waals surface area (Å²) in [7, 11) is -1.11. The summed E-state index contributed by atoms with van der Waals surface area (Å²) in [5.74, 6) is 0.772. The number of hydrogen-bond acceptors (Lipinski definition) is 3. The molecule has 1 fully saturated rings. The van der Waals surface area contributed by atoms with Crippen molar-refractivity contribution in [3.8, 4) is 0 Å². The van der Waals surface area contributed by atoms with Crippen LogP contribution in [-0.4, -0.2) is 30.3 Å². The molecule has 0 bridgehead atoms. The second-order valence-corrected chi connectivity index (χ2v) is 3.27. The van der Waals surface area contributed by atoms with Gasteiger partial charge in [-0.05, 0) is 38.2 Å². The molecule has 1 heterocycles. The summed E-state index contributed by atoms with van der Waals surface area (Å²) in [6.07, 6.45) is 3.84. The van der Waals surface area contributed by atoms with Crippen molar-refractivity contribution >= 4 is 7.12 Å². The molecule has 0 saturated carbocycles. The fraction of sp³-hybridized carbons (Fsp3) is 1.00. The van der Waals surface area contributed by atoms with Crippen LogP contribution in [0, 0.1) is 5.92 Å².